The van der Waals surface area contributed by atoms with Gasteiger partial charge >= 0.3 is 0 Å². The average molecular weight is 405 g/mol. The zero-order chi connectivity index (χ0) is 17.6. The van der Waals surface area contributed by atoms with Crippen LogP contribution in [0.25, 0.3) is 22.1 Å². The van der Waals surface area contributed by atoms with E-state index in [2.05, 4.69) is 36.1 Å². The fourth-order valence-corrected chi connectivity index (χ4v) is 3.70. The maximum Gasteiger partial charge on any atom is 0.294 e. The van der Waals surface area contributed by atoms with Gasteiger partial charge in [0, 0.05) is 35.9 Å². The first-order chi connectivity index (χ1) is 12.0. The highest BCUT2D eigenvalue weighted by Crippen LogP contribution is 2.28. The van der Waals surface area contributed by atoms with E-state index >= 15 is 0 Å². The van der Waals surface area contributed by atoms with Crippen LogP contribution < -0.4 is 10.9 Å². The molecular weight excluding hydrogens is 388 g/mol. The Morgan fingerprint density at radius 2 is 2.36 bits per heavy atom. The molecule has 3 heterocycles. The summed E-state index contributed by atoms with van der Waals surface area (Å²) in [6.07, 6.45) is 0.896. The summed E-state index contributed by atoms with van der Waals surface area (Å²) in [5, 5.41) is 3.75. The number of nitrogens with one attached hydrogen (secondary N) is 2. The zero-order valence-electron chi connectivity index (χ0n) is 13.6. The molecule has 3 aromatic rings. The Labute approximate surface area is 151 Å². The number of amides is 1. The summed E-state index contributed by atoms with van der Waals surface area (Å²) in [6.45, 7) is 3.66. The van der Waals surface area contributed by atoms with Crippen molar-refractivity contribution in [3.05, 3.63) is 38.9 Å². The maximum atomic E-state index is 12.4. The second-order valence-corrected chi connectivity index (χ2v) is 7.27. The Morgan fingerprint density at radius 3 is 3.16 bits per heavy atom. The largest absolute Gasteiger partial charge is 0.449 e. The summed E-state index contributed by atoms with van der Waals surface area (Å²) in [4.78, 5) is 33.1. The number of furan rings is 1. The Hall–Kier alpha value is -2.19. The quantitative estimate of drug-likeness (QED) is 0.697. The minimum absolute atomic E-state index is 0.0183. The van der Waals surface area contributed by atoms with E-state index in [0.29, 0.717) is 23.5 Å². The molecule has 0 spiro atoms. The van der Waals surface area contributed by atoms with E-state index in [4.69, 9.17) is 4.42 Å². The van der Waals surface area contributed by atoms with Gasteiger partial charge in [-0.05, 0) is 24.6 Å². The number of fused-ring (bicyclic) bond motifs is 3. The minimum Gasteiger partial charge on any atom is -0.449 e. The van der Waals surface area contributed by atoms with Crippen molar-refractivity contribution in [2.24, 2.45) is 0 Å². The second kappa shape index (κ2) is 6.27. The fraction of sp³-hybridized carbons (Fsp3) is 0.353. The van der Waals surface area contributed by atoms with E-state index in [0.717, 1.165) is 29.4 Å². The molecule has 1 aliphatic rings. The third kappa shape index (κ3) is 3.19. The minimum atomic E-state index is -0.273. The molecule has 0 unspecified atom stereocenters. The third-order valence-electron chi connectivity index (χ3n) is 4.39. The number of hydrogen-bond acceptors (Lipinski definition) is 5. The SMILES string of the molecule is CC(=O)N[C@H]1CCN(Cc2nc3c(oc4ccc(Br)cc43)c(=O)[nH]2)C1. The number of aromatic amines is 1. The lowest BCUT2D eigenvalue weighted by Crippen LogP contribution is -2.35. The van der Waals surface area contributed by atoms with Gasteiger partial charge in [0.25, 0.3) is 5.56 Å². The molecule has 25 heavy (non-hydrogen) atoms. The molecule has 0 bridgehead atoms. The summed E-state index contributed by atoms with van der Waals surface area (Å²) in [6, 6.07) is 5.74. The highest BCUT2D eigenvalue weighted by molar-refractivity contribution is 9.10. The molecule has 1 aliphatic heterocycles. The second-order valence-electron chi connectivity index (χ2n) is 6.35. The van der Waals surface area contributed by atoms with Crippen LogP contribution in [0.15, 0.2) is 31.9 Å². The number of halogens is 1. The van der Waals surface area contributed by atoms with Crippen LogP contribution in [0.3, 0.4) is 0 Å². The number of rotatable bonds is 3. The molecule has 8 heteroatoms. The number of benzene rings is 1. The van der Waals surface area contributed by atoms with E-state index in [-0.39, 0.29) is 23.1 Å². The molecule has 7 nitrogen and oxygen atoms in total. The van der Waals surface area contributed by atoms with Gasteiger partial charge in [0.15, 0.2) is 0 Å². The van der Waals surface area contributed by atoms with Gasteiger partial charge in [-0.25, -0.2) is 4.98 Å². The Kier molecular flexibility index (Phi) is 4.09. The van der Waals surface area contributed by atoms with Crippen LogP contribution in [-0.2, 0) is 11.3 Å². The van der Waals surface area contributed by atoms with Crippen molar-refractivity contribution in [2.75, 3.05) is 13.1 Å². The number of aromatic nitrogens is 2. The number of hydrogen-bond donors (Lipinski definition) is 2. The lowest BCUT2D eigenvalue weighted by atomic mass is 10.2. The Bertz CT molecular complexity index is 1030. The molecule has 0 radical (unpaired) electrons. The topological polar surface area (TPSA) is 91.2 Å². The summed E-state index contributed by atoms with van der Waals surface area (Å²) in [7, 11) is 0. The number of carbonyl (C=O) groups is 1. The van der Waals surface area contributed by atoms with Crippen LogP contribution in [0.4, 0.5) is 0 Å². The van der Waals surface area contributed by atoms with Gasteiger partial charge in [-0.15, -0.1) is 0 Å². The summed E-state index contributed by atoms with van der Waals surface area (Å²) < 4.78 is 6.54. The van der Waals surface area contributed by atoms with Gasteiger partial charge in [0.1, 0.15) is 16.9 Å². The average Bonchev–Trinajstić information content (AvgIpc) is 3.12. The molecule has 4 rings (SSSR count). The first-order valence-corrected chi connectivity index (χ1v) is 8.89. The van der Waals surface area contributed by atoms with Crippen molar-refractivity contribution in [3.63, 3.8) is 0 Å². The van der Waals surface area contributed by atoms with Gasteiger partial charge < -0.3 is 14.7 Å². The molecule has 1 amide bonds. The summed E-state index contributed by atoms with van der Waals surface area (Å²) >= 11 is 3.44. The van der Waals surface area contributed by atoms with Crippen LogP contribution in [-0.4, -0.2) is 39.9 Å². The van der Waals surface area contributed by atoms with Gasteiger partial charge in [0.05, 0.1) is 6.54 Å². The van der Waals surface area contributed by atoms with Crippen LogP contribution in [0, 0.1) is 0 Å². The van der Waals surface area contributed by atoms with Crippen molar-refractivity contribution in [1.29, 1.82) is 0 Å². The molecular formula is C17H17BrN4O3. The monoisotopic (exact) mass is 404 g/mol. The molecule has 130 valence electrons. The van der Waals surface area contributed by atoms with E-state index in [1.165, 1.54) is 6.92 Å². The number of carbonyl (C=O) groups excluding carboxylic acids is 1. The van der Waals surface area contributed by atoms with Crippen molar-refractivity contribution < 1.29 is 9.21 Å². The standard InChI is InChI=1S/C17H17BrN4O3/c1-9(23)19-11-4-5-22(7-11)8-14-20-15-12-6-10(18)2-3-13(12)25-16(15)17(24)21-14/h2-3,6,11H,4-5,7-8H2,1H3,(H,19,23)(H,20,21,24)/t11-/m0/s1. The van der Waals surface area contributed by atoms with E-state index < -0.39 is 0 Å². The van der Waals surface area contributed by atoms with Gasteiger partial charge in [-0.3, -0.25) is 14.5 Å². The van der Waals surface area contributed by atoms with Crippen LogP contribution in [0.1, 0.15) is 19.2 Å². The molecule has 2 N–H and O–H groups in total. The smallest absolute Gasteiger partial charge is 0.294 e. The fourth-order valence-electron chi connectivity index (χ4n) is 3.34. The van der Waals surface area contributed by atoms with E-state index in [9.17, 15) is 9.59 Å². The molecule has 1 atom stereocenters. The normalized spacial score (nSPS) is 18.2. The first-order valence-electron chi connectivity index (χ1n) is 8.10. The van der Waals surface area contributed by atoms with E-state index in [1.54, 1.807) is 0 Å². The third-order valence-corrected chi connectivity index (χ3v) is 4.88. The van der Waals surface area contributed by atoms with Crippen molar-refractivity contribution in [1.82, 2.24) is 20.2 Å². The van der Waals surface area contributed by atoms with Crippen LogP contribution >= 0.6 is 15.9 Å². The number of nitrogens with zero attached hydrogens (tertiary/aromatic N) is 2. The van der Waals surface area contributed by atoms with Crippen molar-refractivity contribution in [2.45, 2.75) is 25.9 Å². The Balaban J connectivity index is 1.64. The molecule has 1 fully saturated rings. The highest BCUT2D eigenvalue weighted by atomic mass is 79.9. The molecule has 0 saturated carbocycles. The maximum absolute atomic E-state index is 12.4. The Morgan fingerprint density at radius 1 is 1.52 bits per heavy atom. The van der Waals surface area contributed by atoms with Gasteiger partial charge in [-0.1, -0.05) is 15.9 Å². The first kappa shape index (κ1) is 16.3. The van der Waals surface area contributed by atoms with Crippen LogP contribution in [0.2, 0.25) is 0 Å². The van der Waals surface area contributed by atoms with Crippen LogP contribution in [0.5, 0.6) is 0 Å². The molecule has 2 aromatic heterocycles. The molecule has 1 saturated heterocycles. The summed E-state index contributed by atoms with van der Waals surface area (Å²) in [5.41, 5.74) is 1.19. The zero-order valence-corrected chi connectivity index (χ0v) is 15.2. The molecule has 0 aliphatic carbocycles. The molecule has 1 aromatic carbocycles. The van der Waals surface area contributed by atoms with Gasteiger partial charge in [-0.2, -0.15) is 0 Å². The van der Waals surface area contributed by atoms with Crippen molar-refractivity contribution in [3.8, 4) is 0 Å². The summed E-state index contributed by atoms with van der Waals surface area (Å²) in [5.74, 6) is 0.582. The van der Waals surface area contributed by atoms with Crippen molar-refractivity contribution >= 4 is 43.9 Å². The van der Waals surface area contributed by atoms with Gasteiger partial charge in [0.2, 0.25) is 11.5 Å². The lowest BCUT2D eigenvalue weighted by Gasteiger charge is -2.15. The highest BCUT2D eigenvalue weighted by Gasteiger charge is 2.24. The number of H-pyrrole nitrogens is 1. The predicted octanol–water partition coefficient (Wildman–Crippen LogP) is 2.14. The van der Waals surface area contributed by atoms with E-state index in [1.807, 2.05) is 18.2 Å². The number of likely N-dealkylation sites (tertiary alicyclic amines) is 1. The lowest BCUT2D eigenvalue weighted by molar-refractivity contribution is -0.119. The predicted molar refractivity (Wildman–Crippen MR) is 97.3 cm³/mol.